The average molecular weight is 298 g/mol. The monoisotopic (exact) mass is 298 g/mol. The van der Waals surface area contributed by atoms with Crippen LogP contribution in [-0.4, -0.2) is 5.71 Å². The maximum Gasteiger partial charge on any atom is 0.142 e. The molecule has 3 nitrogen and oxygen atoms in total. The van der Waals surface area contributed by atoms with Gasteiger partial charge in [-0.25, -0.2) is 0 Å². The number of oxime groups is 1. The Bertz CT molecular complexity index is 490. The Morgan fingerprint density at radius 2 is 1.77 bits per heavy atom. The molecule has 2 rings (SSSR count). The van der Waals surface area contributed by atoms with Gasteiger partial charge in [-0.15, -0.1) is 0 Å². The molecular formula is C19H26N2O. The van der Waals surface area contributed by atoms with Crippen LogP contribution in [0.3, 0.4) is 0 Å². The van der Waals surface area contributed by atoms with Gasteiger partial charge in [0, 0.05) is 5.92 Å². The lowest BCUT2D eigenvalue weighted by atomic mass is 9.96. The van der Waals surface area contributed by atoms with E-state index in [-0.39, 0.29) is 5.92 Å². The van der Waals surface area contributed by atoms with Crippen molar-refractivity contribution < 1.29 is 4.84 Å². The van der Waals surface area contributed by atoms with Crippen molar-refractivity contribution in [1.29, 1.82) is 5.26 Å². The zero-order valence-corrected chi connectivity index (χ0v) is 13.3. The van der Waals surface area contributed by atoms with Crippen molar-refractivity contribution in [1.82, 2.24) is 0 Å². The van der Waals surface area contributed by atoms with Gasteiger partial charge in [-0.2, -0.15) is 5.26 Å². The first kappa shape index (κ1) is 16.5. The van der Waals surface area contributed by atoms with E-state index in [0.29, 0.717) is 6.61 Å². The van der Waals surface area contributed by atoms with Crippen molar-refractivity contribution in [3.63, 3.8) is 0 Å². The highest BCUT2D eigenvalue weighted by molar-refractivity contribution is 5.83. The molecule has 22 heavy (non-hydrogen) atoms. The van der Waals surface area contributed by atoms with Gasteiger partial charge in [0.05, 0.1) is 11.8 Å². The molecule has 1 fully saturated rings. The molecule has 1 saturated carbocycles. The van der Waals surface area contributed by atoms with Crippen LogP contribution in [0, 0.1) is 17.2 Å². The second-order valence-electron chi connectivity index (χ2n) is 6.09. The molecule has 118 valence electrons. The summed E-state index contributed by atoms with van der Waals surface area (Å²) in [5.41, 5.74) is 2.26. The molecule has 0 radical (unpaired) electrons. The minimum atomic E-state index is 0.178. The van der Waals surface area contributed by atoms with E-state index >= 15 is 0 Å². The largest absolute Gasteiger partial charge is 0.391 e. The molecule has 3 heteroatoms. The quantitative estimate of drug-likeness (QED) is 0.718. The van der Waals surface area contributed by atoms with Crippen molar-refractivity contribution in [2.75, 3.05) is 0 Å². The molecule has 1 atom stereocenters. The van der Waals surface area contributed by atoms with Crippen LogP contribution >= 0.6 is 0 Å². The molecule has 0 spiro atoms. The number of hydrogen-bond acceptors (Lipinski definition) is 3. The Kier molecular flexibility index (Phi) is 7.52. The predicted octanol–water partition coefficient (Wildman–Crippen LogP) is 5.22. The first-order chi connectivity index (χ1) is 10.9. The summed E-state index contributed by atoms with van der Waals surface area (Å²) in [6, 6.07) is 12.6. The van der Waals surface area contributed by atoms with Gasteiger partial charge in [-0.1, -0.05) is 61.2 Å². The number of hydrogen-bond donors (Lipinski definition) is 0. The molecule has 0 N–H and O–H groups in total. The standard InChI is InChI=1S/C19H26N2O/c20-15-17-9-5-2-1-3-8-12-19(14-13-17)21-22-16-18-10-6-4-7-11-18/h4,6-7,10-11,17H,1-3,5,8-9,12-14,16H2. The fourth-order valence-electron chi connectivity index (χ4n) is 2.85. The lowest BCUT2D eigenvalue weighted by Crippen LogP contribution is -2.05. The number of rotatable bonds is 3. The highest BCUT2D eigenvalue weighted by atomic mass is 16.6. The minimum Gasteiger partial charge on any atom is -0.391 e. The van der Waals surface area contributed by atoms with E-state index in [4.69, 9.17) is 4.84 Å². The molecule has 1 aromatic rings. The van der Waals surface area contributed by atoms with E-state index in [9.17, 15) is 5.26 Å². The van der Waals surface area contributed by atoms with Gasteiger partial charge < -0.3 is 4.84 Å². The third-order valence-corrected chi connectivity index (χ3v) is 4.25. The molecule has 1 unspecified atom stereocenters. The highest BCUT2D eigenvalue weighted by Crippen LogP contribution is 2.20. The molecule has 0 bridgehead atoms. The topological polar surface area (TPSA) is 45.4 Å². The summed E-state index contributed by atoms with van der Waals surface area (Å²) < 4.78 is 0. The normalized spacial score (nSPS) is 22.5. The number of nitrogens with zero attached hydrogens (tertiary/aromatic N) is 2. The van der Waals surface area contributed by atoms with Crippen molar-refractivity contribution in [2.24, 2.45) is 11.1 Å². The average Bonchev–Trinajstić information content (AvgIpc) is 2.61. The summed E-state index contributed by atoms with van der Waals surface area (Å²) in [7, 11) is 0. The van der Waals surface area contributed by atoms with Gasteiger partial charge in [0.25, 0.3) is 0 Å². The van der Waals surface area contributed by atoms with Gasteiger partial charge >= 0.3 is 0 Å². The Labute approximate surface area is 134 Å². The maximum atomic E-state index is 9.23. The lowest BCUT2D eigenvalue weighted by molar-refractivity contribution is 0.129. The molecule has 0 heterocycles. The summed E-state index contributed by atoms with van der Waals surface area (Å²) in [5, 5.41) is 13.6. The minimum absolute atomic E-state index is 0.178. The zero-order chi connectivity index (χ0) is 15.5. The summed E-state index contributed by atoms with van der Waals surface area (Å²) in [5.74, 6) is 0.178. The smallest absolute Gasteiger partial charge is 0.142 e. The van der Waals surface area contributed by atoms with Crippen LogP contribution in [0.5, 0.6) is 0 Å². The van der Waals surface area contributed by atoms with Gasteiger partial charge in [-0.3, -0.25) is 0 Å². The van der Waals surface area contributed by atoms with Crippen molar-refractivity contribution >= 4 is 5.71 Å². The van der Waals surface area contributed by atoms with E-state index < -0.39 is 0 Å². The van der Waals surface area contributed by atoms with Crippen LogP contribution in [0.2, 0.25) is 0 Å². The first-order valence-electron chi connectivity index (χ1n) is 8.49. The Morgan fingerprint density at radius 1 is 1.00 bits per heavy atom. The Morgan fingerprint density at radius 3 is 2.59 bits per heavy atom. The van der Waals surface area contributed by atoms with Crippen LogP contribution < -0.4 is 0 Å². The molecule has 0 aromatic heterocycles. The maximum absolute atomic E-state index is 9.23. The number of nitriles is 1. The summed E-state index contributed by atoms with van der Waals surface area (Å²) in [4.78, 5) is 5.53. The Balaban J connectivity index is 1.87. The van der Waals surface area contributed by atoms with E-state index in [1.807, 2.05) is 30.3 Å². The Hall–Kier alpha value is -1.82. The van der Waals surface area contributed by atoms with Crippen LogP contribution in [0.15, 0.2) is 35.5 Å². The van der Waals surface area contributed by atoms with Gasteiger partial charge in [-0.05, 0) is 37.7 Å². The van der Waals surface area contributed by atoms with Crippen molar-refractivity contribution in [2.45, 2.75) is 64.4 Å². The zero-order valence-electron chi connectivity index (χ0n) is 13.3. The molecule has 1 aliphatic rings. The number of benzene rings is 1. The summed E-state index contributed by atoms with van der Waals surface area (Å²) in [6.07, 6.45) is 10.0. The second kappa shape index (κ2) is 10.00. The van der Waals surface area contributed by atoms with E-state index in [0.717, 1.165) is 37.0 Å². The molecule has 0 aliphatic heterocycles. The van der Waals surface area contributed by atoms with Crippen LogP contribution in [-0.2, 0) is 11.4 Å². The SMILES string of the molecule is N#CC1CCCCCCCC(=NOCc2ccccc2)CC1. The second-order valence-corrected chi connectivity index (χ2v) is 6.09. The predicted molar refractivity (Wildman–Crippen MR) is 89.3 cm³/mol. The van der Waals surface area contributed by atoms with E-state index in [1.54, 1.807) is 0 Å². The summed E-state index contributed by atoms with van der Waals surface area (Å²) >= 11 is 0. The molecular weight excluding hydrogens is 272 g/mol. The van der Waals surface area contributed by atoms with Gasteiger partial charge in [0.15, 0.2) is 0 Å². The lowest BCUT2D eigenvalue weighted by Gasteiger charge is -2.09. The molecule has 0 amide bonds. The van der Waals surface area contributed by atoms with Crippen LogP contribution in [0.25, 0.3) is 0 Å². The van der Waals surface area contributed by atoms with E-state index in [1.165, 1.54) is 32.1 Å². The van der Waals surface area contributed by atoms with Crippen LogP contribution in [0.4, 0.5) is 0 Å². The van der Waals surface area contributed by atoms with Crippen molar-refractivity contribution in [3.8, 4) is 6.07 Å². The molecule has 0 saturated heterocycles. The summed E-state index contributed by atoms with van der Waals surface area (Å²) in [6.45, 7) is 0.520. The van der Waals surface area contributed by atoms with Crippen LogP contribution in [0.1, 0.15) is 63.4 Å². The van der Waals surface area contributed by atoms with Crippen molar-refractivity contribution in [3.05, 3.63) is 35.9 Å². The fraction of sp³-hybridized carbons (Fsp3) is 0.579. The molecule has 1 aromatic carbocycles. The fourth-order valence-corrected chi connectivity index (χ4v) is 2.85. The third kappa shape index (κ3) is 6.30. The highest BCUT2D eigenvalue weighted by Gasteiger charge is 2.11. The third-order valence-electron chi connectivity index (χ3n) is 4.25. The van der Waals surface area contributed by atoms with E-state index in [2.05, 4.69) is 11.2 Å². The van der Waals surface area contributed by atoms with Gasteiger partial charge in [0.2, 0.25) is 0 Å². The first-order valence-corrected chi connectivity index (χ1v) is 8.49. The van der Waals surface area contributed by atoms with Gasteiger partial charge in [0.1, 0.15) is 6.61 Å². The molecule has 1 aliphatic carbocycles.